The molecule has 3 heterocycles. The Hall–Kier alpha value is -3.73. The molecule has 0 aliphatic carbocycles. The Labute approximate surface area is 208 Å². The molecular weight excluding hydrogens is 493 g/mol. The van der Waals surface area contributed by atoms with E-state index >= 15 is 4.39 Å². The Kier molecular flexibility index (Phi) is 6.48. The number of nitrogens with zero attached hydrogens (tertiary/aromatic N) is 3. The van der Waals surface area contributed by atoms with Crippen LogP contribution in [-0.2, 0) is 12.0 Å². The number of benzene rings is 2. The van der Waals surface area contributed by atoms with Crippen LogP contribution in [0.1, 0.15) is 23.4 Å². The second-order valence-electron chi connectivity index (χ2n) is 8.36. The predicted molar refractivity (Wildman–Crippen MR) is 128 cm³/mol. The number of nitrogens with two attached hydrogens (primary N) is 1. The largest absolute Gasteiger partial charge is 0.464 e. The minimum atomic E-state index is -2.92. The molecular formula is C25H21F3N4O3S. The van der Waals surface area contributed by atoms with Crippen molar-refractivity contribution in [3.63, 3.8) is 0 Å². The molecule has 2 aromatic carbocycles. The summed E-state index contributed by atoms with van der Waals surface area (Å²) in [5.41, 5.74) is 7.07. The van der Waals surface area contributed by atoms with E-state index in [0.717, 1.165) is 17.2 Å². The zero-order valence-electron chi connectivity index (χ0n) is 18.9. The smallest absolute Gasteiger partial charge is 0.315 e. The number of primary amides is 1. The van der Waals surface area contributed by atoms with Crippen LogP contribution in [0.3, 0.4) is 0 Å². The number of rotatable bonds is 6. The summed E-state index contributed by atoms with van der Waals surface area (Å²) in [6, 6.07) is 14.9. The molecule has 1 fully saturated rings. The molecule has 11 heteroatoms. The molecule has 1 atom stereocenters. The molecule has 7 nitrogen and oxygen atoms in total. The SMILES string of the molecule is NC(=O)N1CCSCC1(Cc1ccc(-c2nnc(C(F)F)o2)cc1F)c1ccc(-c2ccco2)cc1. The van der Waals surface area contributed by atoms with Gasteiger partial charge in [0.15, 0.2) is 0 Å². The van der Waals surface area contributed by atoms with Crippen molar-refractivity contribution in [2.45, 2.75) is 18.4 Å². The fourth-order valence-corrected chi connectivity index (χ4v) is 5.68. The van der Waals surface area contributed by atoms with E-state index in [0.29, 0.717) is 29.4 Å². The molecule has 36 heavy (non-hydrogen) atoms. The van der Waals surface area contributed by atoms with Crippen LogP contribution >= 0.6 is 11.8 Å². The standard InChI is InChI=1S/C25H21F3N4O3S/c26-19-12-16(22-30-31-23(35-22)21(27)28)3-4-17(19)13-25(14-36-11-9-32(25)24(29)33)18-7-5-15(6-8-18)20-2-1-10-34-20/h1-8,10,12,21H,9,11,13-14H2,(H2,29,33). The summed E-state index contributed by atoms with van der Waals surface area (Å²) in [4.78, 5) is 14.1. The van der Waals surface area contributed by atoms with Crippen molar-refractivity contribution in [3.8, 4) is 22.8 Å². The predicted octanol–water partition coefficient (Wildman–Crippen LogP) is 5.64. The van der Waals surface area contributed by atoms with Crippen molar-refractivity contribution < 1.29 is 26.8 Å². The molecule has 2 aromatic heterocycles. The summed E-state index contributed by atoms with van der Waals surface area (Å²) in [5.74, 6) is 0.307. The first-order chi connectivity index (χ1) is 17.4. The van der Waals surface area contributed by atoms with E-state index in [-0.39, 0.29) is 17.9 Å². The first-order valence-corrected chi connectivity index (χ1v) is 12.2. The molecule has 0 saturated carbocycles. The Morgan fingerprint density at radius 3 is 2.56 bits per heavy atom. The van der Waals surface area contributed by atoms with Crippen LogP contribution in [0.5, 0.6) is 0 Å². The van der Waals surface area contributed by atoms with Gasteiger partial charge in [-0.15, -0.1) is 10.2 Å². The number of hydrogen-bond acceptors (Lipinski definition) is 6. The van der Waals surface area contributed by atoms with Crippen molar-refractivity contribution in [1.82, 2.24) is 15.1 Å². The van der Waals surface area contributed by atoms with Crippen LogP contribution in [0.25, 0.3) is 22.8 Å². The van der Waals surface area contributed by atoms with E-state index in [1.807, 2.05) is 30.3 Å². The topological polar surface area (TPSA) is 98.4 Å². The number of carbonyl (C=O) groups is 1. The average molecular weight is 515 g/mol. The molecule has 2 amide bonds. The van der Waals surface area contributed by atoms with Gasteiger partial charge in [0, 0.05) is 35.6 Å². The molecule has 5 rings (SSSR count). The highest BCUT2D eigenvalue weighted by atomic mass is 32.2. The molecule has 0 radical (unpaired) electrons. The number of aromatic nitrogens is 2. The van der Waals surface area contributed by atoms with Gasteiger partial charge in [0.2, 0.25) is 5.89 Å². The summed E-state index contributed by atoms with van der Waals surface area (Å²) in [6.07, 6.45) is -1.17. The van der Waals surface area contributed by atoms with Crippen LogP contribution < -0.4 is 5.73 Å². The van der Waals surface area contributed by atoms with Gasteiger partial charge in [-0.1, -0.05) is 30.3 Å². The van der Waals surface area contributed by atoms with Crippen molar-refractivity contribution >= 4 is 17.8 Å². The van der Waals surface area contributed by atoms with Gasteiger partial charge >= 0.3 is 12.5 Å². The average Bonchev–Trinajstić information content (AvgIpc) is 3.59. The van der Waals surface area contributed by atoms with Gasteiger partial charge in [-0.3, -0.25) is 0 Å². The van der Waals surface area contributed by atoms with Crippen LogP contribution in [0, 0.1) is 5.82 Å². The van der Waals surface area contributed by atoms with E-state index in [9.17, 15) is 13.6 Å². The van der Waals surface area contributed by atoms with Crippen LogP contribution in [0.2, 0.25) is 0 Å². The normalized spacial score (nSPS) is 18.1. The lowest BCUT2D eigenvalue weighted by molar-refractivity contribution is 0.116. The number of amides is 2. The first kappa shape index (κ1) is 24.0. The summed E-state index contributed by atoms with van der Waals surface area (Å²) in [6.45, 7) is 0.415. The second-order valence-corrected chi connectivity index (χ2v) is 9.46. The van der Waals surface area contributed by atoms with Gasteiger partial charge in [-0.25, -0.2) is 9.18 Å². The van der Waals surface area contributed by atoms with Gasteiger partial charge in [-0.05, 0) is 35.4 Å². The maximum atomic E-state index is 15.3. The van der Waals surface area contributed by atoms with Gasteiger partial charge in [0.05, 0.1) is 11.8 Å². The highest BCUT2D eigenvalue weighted by Crippen LogP contribution is 2.40. The van der Waals surface area contributed by atoms with Gasteiger partial charge in [-0.2, -0.15) is 20.5 Å². The summed E-state index contributed by atoms with van der Waals surface area (Å²) in [5, 5.41) is 6.86. The van der Waals surface area contributed by atoms with E-state index in [2.05, 4.69) is 10.2 Å². The Morgan fingerprint density at radius 2 is 1.92 bits per heavy atom. The van der Waals surface area contributed by atoms with Crippen molar-refractivity contribution in [2.75, 3.05) is 18.1 Å². The van der Waals surface area contributed by atoms with Crippen LogP contribution in [0.4, 0.5) is 18.0 Å². The van der Waals surface area contributed by atoms with Crippen LogP contribution in [-0.4, -0.2) is 39.2 Å². The van der Waals surface area contributed by atoms with E-state index < -0.39 is 29.7 Å². The zero-order valence-corrected chi connectivity index (χ0v) is 19.7. The molecule has 1 aliphatic rings. The number of furan rings is 1. The zero-order chi connectivity index (χ0) is 25.3. The summed E-state index contributed by atoms with van der Waals surface area (Å²) in [7, 11) is 0. The number of halogens is 3. The van der Waals surface area contributed by atoms with Gasteiger partial charge < -0.3 is 19.5 Å². The molecule has 1 aliphatic heterocycles. The molecule has 1 unspecified atom stereocenters. The van der Waals surface area contributed by atoms with Crippen molar-refractivity contribution in [2.24, 2.45) is 5.73 Å². The Morgan fingerprint density at radius 1 is 1.14 bits per heavy atom. The molecule has 0 spiro atoms. The number of alkyl halides is 2. The Bertz CT molecular complexity index is 1360. The number of urea groups is 1. The van der Waals surface area contributed by atoms with E-state index in [4.69, 9.17) is 14.6 Å². The summed E-state index contributed by atoms with van der Waals surface area (Å²) < 4.78 is 51.3. The third-order valence-corrected chi connectivity index (χ3v) is 7.37. The van der Waals surface area contributed by atoms with E-state index in [1.165, 1.54) is 12.1 Å². The highest BCUT2D eigenvalue weighted by Gasteiger charge is 2.43. The lowest BCUT2D eigenvalue weighted by Gasteiger charge is -2.47. The third-order valence-electron chi connectivity index (χ3n) is 6.22. The minimum absolute atomic E-state index is 0.154. The maximum absolute atomic E-state index is 15.3. The van der Waals surface area contributed by atoms with Gasteiger partial charge in [0.25, 0.3) is 5.89 Å². The number of carbonyl (C=O) groups excluding carboxylic acids is 1. The Balaban J connectivity index is 1.51. The van der Waals surface area contributed by atoms with Crippen LogP contribution in [0.15, 0.2) is 69.7 Å². The third kappa shape index (κ3) is 4.46. The van der Waals surface area contributed by atoms with E-state index in [1.54, 1.807) is 29.0 Å². The number of hydrogen-bond donors (Lipinski definition) is 1. The number of thioether (sulfide) groups is 1. The minimum Gasteiger partial charge on any atom is -0.464 e. The summed E-state index contributed by atoms with van der Waals surface area (Å²) >= 11 is 1.66. The monoisotopic (exact) mass is 514 g/mol. The molecule has 2 N–H and O–H groups in total. The van der Waals surface area contributed by atoms with Crippen molar-refractivity contribution in [3.05, 3.63) is 83.7 Å². The lowest BCUT2D eigenvalue weighted by atomic mass is 9.82. The fraction of sp³-hybridized carbons (Fsp3) is 0.240. The highest BCUT2D eigenvalue weighted by molar-refractivity contribution is 7.99. The maximum Gasteiger partial charge on any atom is 0.315 e. The van der Waals surface area contributed by atoms with Gasteiger partial charge in [0.1, 0.15) is 11.6 Å². The molecule has 4 aromatic rings. The van der Waals surface area contributed by atoms with Crippen molar-refractivity contribution in [1.29, 1.82) is 0 Å². The molecule has 0 bridgehead atoms. The second kappa shape index (κ2) is 9.73. The molecule has 186 valence electrons. The quantitative estimate of drug-likeness (QED) is 0.358. The molecule has 1 saturated heterocycles. The first-order valence-electron chi connectivity index (χ1n) is 11.1. The fourth-order valence-electron chi connectivity index (χ4n) is 4.46. The lowest BCUT2D eigenvalue weighted by Crippen LogP contribution is -2.57.